The summed E-state index contributed by atoms with van der Waals surface area (Å²) in [6.07, 6.45) is 3.27. The summed E-state index contributed by atoms with van der Waals surface area (Å²) >= 11 is 6.15. The SMILES string of the molecule is CN(Cc1ccccc1Cl)c1cnccc1/C(N)=N/O. The molecular formula is C14H15ClN4O. The molecule has 0 spiro atoms. The zero-order chi connectivity index (χ0) is 14.5. The number of hydrogen-bond acceptors (Lipinski definition) is 4. The van der Waals surface area contributed by atoms with Crippen LogP contribution in [0.25, 0.3) is 0 Å². The number of benzene rings is 1. The molecule has 0 radical (unpaired) electrons. The van der Waals surface area contributed by atoms with Crippen molar-refractivity contribution in [2.24, 2.45) is 10.9 Å². The van der Waals surface area contributed by atoms with Gasteiger partial charge >= 0.3 is 0 Å². The topological polar surface area (TPSA) is 74.7 Å². The number of nitrogens with zero attached hydrogens (tertiary/aromatic N) is 3. The van der Waals surface area contributed by atoms with Crippen molar-refractivity contribution < 1.29 is 5.21 Å². The predicted octanol–water partition coefficient (Wildman–Crippen LogP) is 2.47. The molecular weight excluding hydrogens is 276 g/mol. The molecule has 2 aromatic rings. The number of hydrogen-bond donors (Lipinski definition) is 2. The Labute approximate surface area is 122 Å². The highest BCUT2D eigenvalue weighted by atomic mass is 35.5. The van der Waals surface area contributed by atoms with Gasteiger partial charge in [0.2, 0.25) is 0 Å². The fourth-order valence-electron chi connectivity index (χ4n) is 1.93. The van der Waals surface area contributed by atoms with Gasteiger partial charge in [-0.25, -0.2) is 0 Å². The second-order valence-corrected chi connectivity index (χ2v) is 4.73. The van der Waals surface area contributed by atoms with E-state index in [9.17, 15) is 0 Å². The molecule has 0 aliphatic carbocycles. The Morgan fingerprint density at radius 3 is 2.85 bits per heavy atom. The summed E-state index contributed by atoms with van der Waals surface area (Å²) in [7, 11) is 1.90. The molecule has 1 heterocycles. The number of nitrogens with two attached hydrogens (primary N) is 1. The van der Waals surface area contributed by atoms with E-state index in [1.165, 1.54) is 0 Å². The summed E-state index contributed by atoms with van der Waals surface area (Å²) in [6, 6.07) is 9.32. The third-order valence-electron chi connectivity index (χ3n) is 2.96. The predicted molar refractivity (Wildman–Crippen MR) is 80.3 cm³/mol. The van der Waals surface area contributed by atoms with Crippen LogP contribution in [0.3, 0.4) is 0 Å². The molecule has 0 unspecified atom stereocenters. The minimum absolute atomic E-state index is 0.0495. The Bertz CT molecular complexity index is 630. The van der Waals surface area contributed by atoms with Crippen molar-refractivity contribution in [3.63, 3.8) is 0 Å². The van der Waals surface area contributed by atoms with Crippen molar-refractivity contribution in [1.82, 2.24) is 4.98 Å². The highest BCUT2D eigenvalue weighted by Gasteiger charge is 2.12. The van der Waals surface area contributed by atoms with Gasteiger partial charge in [-0.1, -0.05) is 35.0 Å². The van der Waals surface area contributed by atoms with Gasteiger partial charge in [-0.2, -0.15) is 0 Å². The number of amidine groups is 1. The summed E-state index contributed by atoms with van der Waals surface area (Å²) < 4.78 is 0. The van der Waals surface area contributed by atoms with Crippen LogP contribution in [0.15, 0.2) is 47.9 Å². The molecule has 0 atom stereocenters. The van der Waals surface area contributed by atoms with Gasteiger partial charge in [0.15, 0.2) is 5.84 Å². The first kappa shape index (κ1) is 14.1. The lowest BCUT2D eigenvalue weighted by atomic mass is 10.1. The van der Waals surface area contributed by atoms with Crippen LogP contribution in [0, 0.1) is 0 Å². The van der Waals surface area contributed by atoms with Gasteiger partial charge in [-0.3, -0.25) is 4.98 Å². The normalized spacial score (nSPS) is 11.4. The molecule has 3 N–H and O–H groups in total. The Hall–Kier alpha value is -2.27. The van der Waals surface area contributed by atoms with Gasteiger partial charge in [0, 0.05) is 30.4 Å². The van der Waals surface area contributed by atoms with E-state index >= 15 is 0 Å². The number of oxime groups is 1. The van der Waals surface area contributed by atoms with Crippen molar-refractivity contribution in [2.45, 2.75) is 6.54 Å². The average Bonchev–Trinajstić information content (AvgIpc) is 2.48. The summed E-state index contributed by atoms with van der Waals surface area (Å²) in [4.78, 5) is 6.03. The summed E-state index contributed by atoms with van der Waals surface area (Å²) in [5.74, 6) is 0.0495. The van der Waals surface area contributed by atoms with E-state index < -0.39 is 0 Å². The quantitative estimate of drug-likeness (QED) is 0.393. The number of aromatic nitrogens is 1. The van der Waals surface area contributed by atoms with Crippen molar-refractivity contribution in [2.75, 3.05) is 11.9 Å². The second-order valence-electron chi connectivity index (χ2n) is 4.33. The second kappa shape index (κ2) is 6.25. The number of pyridine rings is 1. The number of rotatable bonds is 4. The van der Waals surface area contributed by atoms with Crippen LogP contribution in [-0.4, -0.2) is 23.1 Å². The average molecular weight is 291 g/mol. The van der Waals surface area contributed by atoms with Crippen molar-refractivity contribution >= 4 is 23.1 Å². The van der Waals surface area contributed by atoms with Crippen LogP contribution in [0.4, 0.5) is 5.69 Å². The van der Waals surface area contributed by atoms with E-state index in [0.717, 1.165) is 11.3 Å². The Balaban J connectivity index is 2.30. The van der Waals surface area contributed by atoms with Gasteiger partial charge in [-0.05, 0) is 17.7 Å². The van der Waals surface area contributed by atoms with Gasteiger partial charge in [-0.15, -0.1) is 0 Å². The summed E-state index contributed by atoms with van der Waals surface area (Å²) in [5, 5.41) is 12.6. The van der Waals surface area contributed by atoms with Crippen molar-refractivity contribution in [3.8, 4) is 0 Å². The van der Waals surface area contributed by atoms with Gasteiger partial charge in [0.1, 0.15) is 0 Å². The van der Waals surface area contributed by atoms with Crippen molar-refractivity contribution in [1.29, 1.82) is 0 Å². The molecule has 0 fully saturated rings. The Morgan fingerprint density at radius 2 is 2.15 bits per heavy atom. The van der Waals surface area contributed by atoms with Gasteiger partial charge < -0.3 is 15.8 Å². The highest BCUT2D eigenvalue weighted by molar-refractivity contribution is 6.31. The maximum absolute atomic E-state index is 8.83. The highest BCUT2D eigenvalue weighted by Crippen LogP contribution is 2.22. The number of anilines is 1. The molecule has 1 aromatic carbocycles. The molecule has 0 bridgehead atoms. The zero-order valence-corrected chi connectivity index (χ0v) is 11.7. The Morgan fingerprint density at radius 1 is 1.40 bits per heavy atom. The molecule has 2 rings (SSSR count). The third kappa shape index (κ3) is 3.00. The summed E-state index contributed by atoms with van der Waals surface area (Å²) in [5.41, 5.74) is 8.06. The molecule has 0 aliphatic heterocycles. The first-order chi connectivity index (χ1) is 9.63. The molecule has 0 saturated heterocycles. The molecule has 0 aliphatic rings. The molecule has 20 heavy (non-hydrogen) atoms. The fraction of sp³-hybridized carbons (Fsp3) is 0.143. The summed E-state index contributed by atoms with van der Waals surface area (Å²) in [6.45, 7) is 0.594. The monoisotopic (exact) mass is 290 g/mol. The van der Waals surface area contributed by atoms with Crippen molar-refractivity contribution in [3.05, 3.63) is 58.9 Å². The lowest BCUT2D eigenvalue weighted by Gasteiger charge is -2.22. The largest absolute Gasteiger partial charge is 0.409 e. The number of halogens is 1. The molecule has 6 heteroatoms. The van der Waals surface area contributed by atoms with E-state index in [1.807, 2.05) is 36.2 Å². The van der Waals surface area contributed by atoms with E-state index in [2.05, 4.69) is 10.1 Å². The standard InChI is InChI=1S/C14H15ClN4O/c1-19(9-10-4-2-3-5-12(10)15)13-8-17-7-6-11(13)14(16)18-20/h2-8,20H,9H2,1H3,(H2,16,18). The van der Waals surface area contributed by atoms with Crippen LogP contribution >= 0.6 is 11.6 Å². The maximum atomic E-state index is 8.83. The first-order valence-corrected chi connectivity index (χ1v) is 6.37. The first-order valence-electron chi connectivity index (χ1n) is 6.00. The van der Waals surface area contributed by atoms with Crippen LogP contribution in [0.1, 0.15) is 11.1 Å². The van der Waals surface area contributed by atoms with E-state index in [-0.39, 0.29) is 5.84 Å². The lowest BCUT2D eigenvalue weighted by molar-refractivity contribution is 0.318. The van der Waals surface area contributed by atoms with E-state index in [0.29, 0.717) is 17.1 Å². The smallest absolute Gasteiger partial charge is 0.172 e. The lowest BCUT2D eigenvalue weighted by Crippen LogP contribution is -2.23. The minimum Gasteiger partial charge on any atom is -0.409 e. The molecule has 1 aromatic heterocycles. The fourth-order valence-corrected chi connectivity index (χ4v) is 2.12. The van der Waals surface area contributed by atoms with E-state index in [4.69, 9.17) is 22.5 Å². The zero-order valence-electron chi connectivity index (χ0n) is 11.0. The Kier molecular flexibility index (Phi) is 4.42. The van der Waals surface area contributed by atoms with E-state index in [1.54, 1.807) is 18.5 Å². The van der Waals surface area contributed by atoms with Gasteiger partial charge in [0.25, 0.3) is 0 Å². The molecule has 104 valence electrons. The maximum Gasteiger partial charge on any atom is 0.172 e. The molecule has 0 saturated carbocycles. The van der Waals surface area contributed by atoms with Crippen LogP contribution in [0.5, 0.6) is 0 Å². The molecule has 5 nitrogen and oxygen atoms in total. The van der Waals surface area contributed by atoms with Crippen LogP contribution < -0.4 is 10.6 Å². The van der Waals surface area contributed by atoms with Crippen LogP contribution in [-0.2, 0) is 6.54 Å². The molecule has 0 amide bonds. The third-order valence-corrected chi connectivity index (χ3v) is 3.33. The minimum atomic E-state index is 0.0495. The van der Waals surface area contributed by atoms with Gasteiger partial charge in [0.05, 0.1) is 11.9 Å². The van der Waals surface area contributed by atoms with Crippen LogP contribution in [0.2, 0.25) is 5.02 Å².